The number of aryl methyl sites for hydroxylation is 1. The van der Waals surface area contributed by atoms with E-state index in [0.717, 1.165) is 16.7 Å². The van der Waals surface area contributed by atoms with Crippen molar-refractivity contribution in [3.63, 3.8) is 0 Å². The van der Waals surface area contributed by atoms with Gasteiger partial charge < -0.3 is 23.4 Å². The molecule has 39 heavy (non-hydrogen) atoms. The Morgan fingerprint density at radius 2 is 1.33 bits per heavy atom. The summed E-state index contributed by atoms with van der Waals surface area (Å²) in [6.07, 6.45) is 2.08. The molecule has 3 aromatic carbocycles. The van der Waals surface area contributed by atoms with E-state index in [1.54, 1.807) is 19.1 Å². The van der Waals surface area contributed by atoms with E-state index in [1.165, 1.54) is 0 Å². The van der Waals surface area contributed by atoms with Gasteiger partial charge >= 0.3 is 5.63 Å². The van der Waals surface area contributed by atoms with E-state index < -0.39 is 23.9 Å². The van der Waals surface area contributed by atoms with Crippen molar-refractivity contribution in [3.8, 4) is 5.75 Å². The third-order valence-electron chi connectivity index (χ3n) is 6.47. The van der Waals surface area contributed by atoms with Gasteiger partial charge in [-0.1, -0.05) is 91.0 Å². The van der Waals surface area contributed by atoms with E-state index >= 15 is 0 Å². The predicted molar refractivity (Wildman–Crippen MR) is 149 cm³/mol. The summed E-state index contributed by atoms with van der Waals surface area (Å²) in [5.74, 6) is 0.953. The highest BCUT2D eigenvalue weighted by atomic mass is 16.6. The standard InChI is InChI=1S/C33H32O6/c1-24-19-30-28(33(34)38-24)17-18-29(39-30)32(37-22-27-15-9-4-10-16-27)31(36-21-26-13-7-3-8-14-26)23-35-20-25-11-5-2-6-12-25/h2-19,29,31-32H,20-23H2,1H3/t29-,31-,32+/m1/s1. The molecule has 5 rings (SSSR count). The average molecular weight is 525 g/mol. The predicted octanol–water partition coefficient (Wildman–Crippen LogP) is 6.11. The summed E-state index contributed by atoms with van der Waals surface area (Å²) in [4.78, 5) is 12.4. The molecule has 3 atom stereocenters. The number of hydrogen-bond donors (Lipinski definition) is 0. The summed E-state index contributed by atoms with van der Waals surface area (Å²) in [6.45, 7) is 3.22. The van der Waals surface area contributed by atoms with Gasteiger partial charge in [-0.3, -0.25) is 0 Å². The molecule has 0 N–H and O–H groups in total. The van der Waals surface area contributed by atoms with Crippen molar-refractivity contribution in [1.29, 1.82) is 0 Å². The van der Waals surface area contributed by atoms with Gasteiger partial charge in [-0.15, -0.1) is 0 Å². The Hall–Kier alpha value is -3.97. The van der Waals surface area contributed by atoms with E-state index in [0.29, 0.717) is 36.9 Å². The second kappa shape index (κ2) is 13.2. The lowest BCUT2D eigenvalue weighted by atomic mass is 10.0. The van der Waals surface area contributed by atoms with Crippen LogP contribution in [0, 0.1) is 6.92 Å². The fraction of sp³-hybridized carbons (Fsp3) is 0.242. The van der Waals surface area contributed by atoms with Crippen molar-refractivity contribution in [1.82, 2.24) is 0 Å². The molecule has 2 heterocycles. The summed E-state index contributed by atoms with van der Waals surface area (Å²) >= 11 is 0. The smallest absolute Gasteiger partial charge is 0.346 e. The number of rotatable bonds is 12. The molecular weight excluding hydrogens is 492 g/mol. The van der Waals surface area contributed by atoms with Crippen molar-refractivity contribution >= 4 is 6.08 Å². The van der Waals surface area contributed by atoms with Crippen LogP contribution < -0.4 is 10.4 Å². The van der Waals surface area contributed by atoms with Crippen molar-refractivity contribution < 1.29 is 23.4 Å². The summed E-state index contributed by atoms with van der Waals surface area (Å²) in [6, 6.07) is 31.7. The fourth-order valence-corrected chi connectivity index (χ4v) is 4.46. The quantitative estimate of drug-likeness (QED) is 0.223. The van der Waals surface area contributed by atoms with Crippen molar-refractivity contribution in [3.05, 3.63) is 142 Å². The van der Waals surface area contributed by atoms with Crippen LogP contribution in [0.15, 0.2) is 112 Å². The average Bonchev–Trinajstić information content (AvgIpc) is 2.97. The van der Waals surface area contributed by atoms with Gasteiger partial charge in [0.25, 0.3) is 0 Å². The van der Waals surface area contributed by atoms with E-state index in [-0.39, 0.29) is 6.61 Å². The van der Waals surface area contributed by atoms with Gasteiger partial charge in [-0.25, -0.2) is 4.79 Å². The van der Waals surface area contributed by atoms with Gasteiger partial charge in [0, 0.05) is 6.07 Å². The van der Waals surface area contributed by atoms with Crippen molar-refractivity contribution in [2.75, 3.05) is 6.61 Å². The zero-order valence-electron chi connectivity index (χ0n) is 21.9. The maximum Gasteiger partial charge on any atom is 0.346 e. The van der Waals surface area contributed by atoms with Crippen LogP contribution in [-0.2, 0) is 34.0 Å². The molecule has 0 unspecified atom stereocenters. The third-order valence-corrected chi connectivity index (χ3v) is 6.47. The molecule has 6 heteroatoms. The van der Waals surface area contributed by atoms with Crippen LogP contribution in [0.1, 0.15) is 28.0 Å². The van der Waals surface area contributed by atoms with Crippen LogP contribution in [-0.4, -0.2) is 24.9 Å². The molecule has 200 valence electrons. The molecule has 0 amide bonds. The van der Waals surface area contributed by atoms with Crippen LogP contribution in [0.3, 0.4) is 0 Å². The SMILES string of the molecule is Cc1cc2c(c(=O)o1)C=C[C@H]([C@H](OCc1ccccc1)[C@@H](COCc1ccccc1)OCc1ccccc1)O2. The van der Waals surface area contributed by atoms with Crippen LogP contribution in [0.5, 0.6) is 5.75 Å². The Morgan fingerprint density at radius 3 is 1.95 bits per heavy atom. The van der Waals surface area contributed by atoms with Gasteiger partial charge in [0.2, 0.25) is 0 Å². The fourth-order valence-electron chi connectivity index (χ4n) is 4.46. The van der Waals surface area contributed by atoms with Crippen LogP contribution in [0.2, 0.25) is 0 Å². The minimum atomic E-state index is -0.526. The van der Waals surface area contributed by atoms with Crippen LogP contribution in [0.25, 0.3) is 6.08 Å². The summed E-state index contributed by atoms with van der Waals surface area (Å²) < 4.78 is 30.7. The van der Waals surface area contributed by atoms with Gasteiger partial charge in [-0.2, -0.15) is 0 Å². The summed E-state index contributed by atoms with van der Waals surface area (Å²) in [7, 11) is 0. The second-order valence-corrected chi connectivity index (χ2v) is 9.46. The molecule has 0 bridgehead atoms. The van der Waals surface area contributed by atoms with E-state index in [2.05, 4.69) is 0 Å². The molecule has 0 saturated carbocycles. The summed E-state index contributed by atoms with van der Waals surface area (Å²) in [5.41, 5.74) is 3.12. The minimum Gasteiger partial charge on any atom is -0.482 e. The molecule has 4 aromatic rings. The molecule has 1 aromatic heterocycles. The maximum atomic E-state index is 12.4. The highest BCUT2D eigenvalue weighted by Crippen LogP contribution is 2.28. The molecule has 1 aliphatic rings. The van der Waals surface area contributed by atoms with Crippen molar-refractivity contribution in [2.45, 2.75) is 45.1 Å². The summed E-state index contributed by atoms with van der Waals surface area (Å²) in [5, 5.41) is 0. The van der Waals surface area contributed by atoms with E-state index in [1.807, 2.05) is 97.1 Å². The third kappa shape index (κ3) is 7.33. The first-order valence-corrected chi connectivity index (χ1v) is 13.1. The maximum absolute atomic E-state index is 12.4. The van der Waals surface area contributed by atoms with E-state index in [9.17, 15) is 4.79 Å². The van der Waals surface area contributed by atoms with Crippen molar-refractivity contribution in [2.24, 2.45) is 0 Å². The first-order valence-electron chi connectivity index (χ1n) is 13.1. The largest absolute Gasteiger partial charge is 0.482 e. The molecule has 0 spiro atoms. The first kappa shape index (κ1) is 26.6. The van der Waals surface area contributed by atoms with Gasteiger partial charge in [0.05, 0.1) is 26.4 Å². The zero-order chi connectivity index (χ0) is 26.9. The number of fused-ring (bicyclic) bond motifs is 1. The number of ether oxygens (including phenoxy) is 4. The number of hydrogen-bond acceptors (Lipinski definition) is 6. The Kier molecular flexibility index (Phi) is 9.01. The normalized spacial score (nSPS) is 15.8. The molecular formula is C33H32O6. The van der Waals surface area contributed by atoms with Gasteiger partial charge in [0.1, 0.15) is 35.4 Å². The molecule has 6 nitrogen and oxygen atoms in total. The highest BCUT2D eigenvalue weighted by molar-refractivity contribution is 5.58. The Labute approximate surface area is 228 Å². The Morgan fingerprint density at radius 1 is 0.769 bits per heavy atom. The molecule has 0 fully saturated rings. The topological polar surface area (TPSA) is 67.1 Å². The van der Waals surface area contributed by atoms with Gasteiger partial charge in [-0.05, 0) is 35.8 Å². The van der Waals surface area contributed by atoms with Crippen LogP contribution in [0.4, 0.5) is 0 Å². The van der Waals surface area contributed by atoms with Gasteiger partial charge in [0.15, 0.2) is 0 Å². The molecule has 1 aliphatic heterocycles. The lowest BCUT2D eigenvalue weighted by molar-refractivity contribution is -0.140. The highest BCUT2D eigenvalue weighted by Gasteiger charge is 2.34. The Balaban J connectivity index is 1.40. The Bertz CT molecular complexity index is 1400. The zero-order valence-corrected chi connectivity index (χ0v) is 21.9. The lowest BCUT2D eigenvalue weighted by Gasteiger charge is -2.34. The first-order chi connectivity index (χ1) is 19.2. The minimum absolute atomic E-state index is 0.289. The van der Waals surface area contributed by atoms with E-state index in [4.69, 9.17) is 23.4 Å². The monoisotopic (exact) mass is 524 g/mol. The molecule has 0 aliphatic carbocycles. The lowest BCUT2D eigenvalue weighted by Crippen LogP contribution is -2.46. The number of benzene rings is 3. The molecule has 0 saturated heterocycles. The second-order valence-electron chi connectivity index (χ2n) is 9.46. The van der Waals surface area contributed by atoms with Crippen LogP contribution >= 0.6 is 0 Å². The molecule has 0 radical (unpaired) electrons.